The molecule has 0 saturated heterocycles. The zero-order valence-electron chi connectivity index (χ0n) is 15.2. The molecule has 1 atom stereocenters. The Morgan fingerprint density at radius 3 is 2.88 bits per heavy atom. The molecule has 0 radical (unpaired) electrons. The summed E-state index contributed by atoms with van der Waals surface area (Å²) < 4.78 is 10.8. The van der Waals surface area contributed by atoms with E-state index >= 15 is 0 Å². The van der Waals surface area contributed by atoms with E-state index in [1.54, 1.807) is 31.4 Å². The summed E-state index contributed by atoms with van der Waals surface area (Å²) >= 11 is 0. The highest BCUT2D eigenvalue weighted by atomic mass is 16.5. The zero-order chi connectivity index (χ0) is 18.4. The Hall–Kier alpha value is -2.82. The van der Waals surface area contributed by atoms with Crippen molar-refractivity contribution in [2.24, 2.45) is 4.99 Å². The van der Waals surface area contributed by atoms with E-state index in [0.717, 1.165) is 19.3 Å². The average molecular weight is 352 g/mol. The predicted molar refractivity (Wildman–Crippen MR) is 102 cm³/mol. The summed E-state index contributed by atoms with van der Waals surface area (Å²) in [5, 5.41) is 2.80. The third-order valence-corrected chi connectivity index (χ3v) is 4.44. The second kappa shape index (κ2) is 8.52. The molecule has 1 amide bonds. The topological polar surface area (TPSA) is 59.9 Å². The van der Waals surface area contributed by atoms with E-state index in [2.05, 4.69) is 23.5 Å². The lowest BCUT2D eigenvalue weighted by Crippen LogP contribution is -2.33. The monoisotopic (exact) mass is 352 g/mol. The second-order valence-corrected chi connectivity index (χ2v) is 6.16. The number of benzene rings is 2. The van der Waals surface area contributed by atoms with Gasteiger partial charge in [0.15, 0.2) is 0 Å². The Labute approximate surface area is 154 Å². The number of carbonyl (C=O) groups excluding carboxylic acids is 1. The number of rotatable bonds is 4. The van der Waals surface area contributed by atoms with Gasteiger partial charge in [0, 0.05) is 5.56 Å². The van der Waals surface area contributed by atoms with E-state index in [9.17, 15) is 4.79 Å². The molecule has 0 bridgehead atoms. The number of amidine groups is 1. The minimum atomic E-state index is -0.264. The van der Waals surface area contributed by atoms with E-state index in [0.29, 0.717) is 17.9 Å². The first-order chi connectivity index (χ1) is 12.7. The maximum Gasteiger partial charge on any atom is 0.292 e. The summed E-state index contributed by atoms with van der Waals surface area (Å²) in [5.41, 5.74) is 3.04. The highest BCUT2D eigenvalue weighted by Gasteiger charge is 2.21. The molecule has 1 aliphatic carbocycles. The number of nitrogens with one attached hydrogen (secondary N) is 1. The third kappa shape index (κ3) is 4.23. The number of hydrogen-bond acceptors (Lipinski definition) is 4. The quantitative estimate of drug-likeness (QED) is 0.671. The summed E-state index contributed by atoms with van der Waals surface area (Å²) in [6.07, 6.45) is 3.10. The minimum absolute atomic E-state index is 0.00658. The maximum absolute atomic E-state index is 12.6. The molecular formula is C21H24N2O3. The lowest BCUT2D eigenvalue weighted by Gasteiger charge is -2.23. The van der Waals surface area contributed by atoms with Crippen LogP contribution in [0, 0.1) is 0 Å². The van der Waals surface area contributed by atoms with Crippen molar-refractivity contribution in [2.45, 2.75) is 32.2 Å². The largest absolute Gasteiger partial charge is 0.497 e. The van der Waals surface area contributed by atoms with Crippen molar-refractivity contribution >= 4 is 11.9 Å². The molecule has 5 nitrogen and oxygen atoms in total. The number of aryl methyl sites for hydroxylation is 1. The standard InChI is InChI=1S/C21H24N2O3/c1-3-26-21(23-20(24)16-10-6-11-17(14-16)25-2)22-19-13-7-9-15-8-4-5-12-18(15)19/h4-6,8,10-12,14,19H,3,7,9,13H2,1-2H3,(H,22,23,24)/t19-/m0/s1. The molecule has 136 valence electrons. The van der Waals surface area contributed by atoms with Crippen molar-refractivity contribution in [3.05, 3.63) is 65.2 Å². The molecule has 0 fully saturated rings. The normalized spacial score (nSPS) is 16.5. The number of nitrogens with zero attached hydrogens (tertiary/aromatic N) is 1. The van der Waals surface area contributed by atoms with Crippen molar-refractivity contribution in [3.63, 3.8) is 0 Å². The first kappa shape index (κ1) is 18.0. The second-order valence-electron chi connectivity index (χ2n) is 6.16. The number of hydrogen-bond donors (Lipinski definition) is 1. The van der Waals surface area contributed by atoms with Gasteiger partial charge in [0.1, 0.15) is 5.75 Å². The number of carbonyl (C=O) groups is 1. The average Bonchev–Trinajstić information content (AvgIpc) is 2.68. The minimum Gasteiger partial charge on any atom is -0.497 e. The predicted octanol–water partition coefficient (Wildman–Crippen LogP) is 3.90. The Kier molecular flexibility index (Phi) is 5.89. The van der Waals surface area contributed by atoms with E-state index in [-0.39, 0.29) is 18.0 Å². The van der Waals surface area contributed by atoms with Gasteiger partial charge >= 0.3 is 0 Å². The van der Waals surface area contributed by atoms with Gasteiger partial charge in [-0.1, -0.05) is 30.3 Å². The fourth-order valence-electron chi connectivity index (χ4n) is 3.18. The molecule has 5 heteroatoms. The van der Waals surface area contributed by atoms with Gasteiger partial charge in [0.05, 0.1) is 19.8 Å². The van der Waals surface area contributed by atoms with Crippen molar-refractivity contribution in [1.29, 1.82) is 0 Å². The Morgan fingerprint density at radius 2 is 2.08 bits per heavy atom. The van der Waals surface area contributed by atoms with Gasteiger partial charge in [-0.05, 0) is 55.5 Å². The summed E-state index contributed by atoms with van der Waals surface area (Å²) in [5.74, 6) is 0.369. The van der Waals surface area contributed by atoms with Gasteiger partial charge in [0.2, 0.25) is 0 Å². The van der Waals surface area contributed by atoms with Crippen molar-refractivity contribution in [3.8, 4) is 5.75 Å². The number of methoxy groups -OCH3 is 1. The molecule has 0 aromatic heterocycles. The molecule has 1 N–H and O–H groups in total. The van der Waals surface area contributed by atoms with Crippen molar-refractivity contribution in [2.75, 3.05) is 13.7 Å². The summed E-state index contributed by atoms with van der Waals surface area (Å²) in [4.78, 5) is 17.3. The molecule has 1 aliphatic rings. The summed E-state index contributed by atoms with van der Waals surface area (Å²) in [6, 6.07) is 15.6. The summed E-state index contributed by atoms with van der Waals surface area (Å²) in [6.45, 7) is 2.31. The zero-order valence-corrected chi connectivity index (χ0v) is 15.2. The van der Waals surface area contributed by atoms with Crippen LogP contribution in [-0.4, -0.2) is 25.6 Å². The van der Waals surface area contributed by atoms with Crippen LogP contribution in [0.1, 0.15) is 47.3 Å². The van der Waals surface area contributed by atoms with Crippen LogP contribution < -0.4 is 10.1 Å². The maximum atomic E-state index is 12.6. The number of ether oxygens (including phenoxy) is 2. The molecule has 0 saturated carbocycles. The molecule has 3 rings (SSSR count). The first-order valence-corrected chi connectivity index (χ1v) is 8.95. The van der Waals surface area contributed by atoms with Crippen LogP contribution in [0.2, 0.25) is 0 Å². The fraction of sp³-hybridized carbons (Fsp3) is 0.333. The van der Waals surface area contributed by atoms with Gasteiger partial charge in [0.25, 0.3) is 11.9 Å². The lowest BCUT2D eigenvalue weighted by atomic mass is 9.88. The number of aliphatic imine (C=N–C) groups is 1. The first-order valence-electron chi connectivity index (χ1n) is 8.95. The molecule has 0 unspecified atom stereocenters. The van der Waals surface area contributed by atoms with Crippen molar-refractivity contribution < 1.29 is 14.3 Å². The molecule has 2 aromatic rings. The van der Waals surface area contributed by atoms with Gasteiger partial charge in [-0.25, -0.2) is 4.99 Å². The van der Waals surface area contributed by atoms with Gasteiger partial charge in [-0.2, -0.15) is 0 Å². The van der Waals surface area contributed by atoms with Crippen molar-refractivity contribution in [1.82, 2.24) is 5.32 Å². The molecule has 0 spiro atoms. The van der Waals surface area contributed by atoms with Crippen LogP contribution in [-0.2, 0) is 11.2 Å². The Morgan fingerprint density at radius 1 is 1.23 bits per heavy atom. The highest BCUT2D eigenvalue weighted by Crippen LogP contribution is 2.32. The fourth-order valence-corrected chi connectivity index (χ4v) is 3.18. The van der Waals surface area contributed by atoms with Crippen LogP contribution in [0.25, 0.3) is 0 Å². The number of fused-ring (bicyclic) bond motifs is 1. The van der Waals surface area contributed by atoms with Crippen LogP contribution in [0.15, 0.2) is 53.5 Å². The van der Waals surface area contributed by atoms with E-state index < -0.39 is 0 Å². The molecule has 26 heavy (non-hydrogen) atoms. The van der Waals surface area contributed by atoms with E-state index in [1.165, 1.54) is 11.1 Å². The van der Waals surface area contributed by atoms with Crippen LogP contribution in [0.4, 0.5) is 0 Å². The molecule has 0 aliphatic heterocycles. The Bertz CT molecular complexity index is 801. The lowest BCUT2D eigenvalue weighted by molar-refractivity contribution is 0.0965. The van der Waals surface area contributed by atoms with Gasteiger partial charge in [-0.15, -0.1) is 0 Å². The molecule has 2 aromatic carbocycles. The summed E-state index contributed by atoms with van der Waals surface area (Å²) in [7, 11) is 1.57. The third-order valence-electron chi connectivity index (χ3n) is 4.44. The van der Waals surface area contributed by atoms with E-state index in [4.69, 9.17) is 14.5 Å². The van der Waals surface area contributed by atoms with Gasteiger partial charge in [-0.3, -0.25) is 10.1 Å². The highest BCUT2D eigenvalue weighted by molar-refractivity contribution is 6.04. The number of amides is 1. The SMILES string of the molecule is CCOC(=N[C@H]1CCCc2ccccc21)NC(=O)c1cccc(OC)c1. The molecular weight excluding hydrogens is 328 g/mol. The van der Waals surface area contributed by atoms with Crippen LogP contribution in [0.3, 0.4) is 0 Å². The Balaban J connectivity index is 1.81. The van der Waals surface area contributed by atoms with Crippen LogP contribution >= 0.6 is 0 Å². The molecule has 0 heterocycles. The van der Waals surface area contributed by atoms with Crippen LogP contribution in [0.5, 0.6) is 5.75 Å². The smallest absolute Gasteiger partial charge is 0.292 e. The van der Waals surface area contributed by atoms with Gasteiger partial charge < -0.3 is 9.47 Å². The van der Waals surface area contributed by atoms with E-state index in [1.807, 2.05) is 13.0 Å².